The fourth-order valence-corrected chi connectivity index (χ4v) is 1.67. The van der Waals surface area contributed by atoms with E-state index in [1.165, 1.54) is 12.0 Å². The molecule has 0 N–H and O–H groups in total. The van der Waals surface area contributed by atoms with Gasteiger partial charge in [0.25, 0.3) is 0 Å². The Morgan fingerprint density at radius 3 is 2.38 bits per heavy atom. The molecule has 0 fully saturated rings. The Morgan fingerprint density at radius 2 is 2.08 bits per heavy atom. The second-order valence-electron chi connectivity index (χ2n) is 3.16. The summed E-state index contributed by atoms with van der Waals surface area (Å²) >= 11 is 4.44. The molecule has 0 rings (SSSR count). The molecule has 0 aromatic carbocycles. The van der Waals surface area contributed by atoms with E-state index in [0.29, 0.717) is 0 Å². The molecular formula is C11H21NS. The van der Waals surface area contributed by atoms with E-state index in [4.69, 9.17) is 0 Å². The topological polar surface area (TPSA) is 12.4 Å². The van der Waals surface area contributed by atoms with Gasteiger partial charge in [-0.25, -0.2) is 0 Å². The SMILES string of the molecule is C/C=N\C(=C(/CC)CCC)C(C)S. The van der Waals surface area contributed by atoms with Crippen LogP contribution in [-0.2, 0) is 0 Å². The van der Waals surface area contributed by atoms with Crippen LogP contribution in [-0.4, -0.2) is 11.5 Å². The lowest BCUT2D eigenvalue weighted by Crippen LogP contribution is -2.00. The number of thiol groups is 1. The van der Waals surface area contributed by atoms with Crippen LogP contribution in [0, 0.1) is 0 Å². The van der Waals surface area contributed by atoms with E-state index in [1.807, 2.05) is 13.1 Å². The van der Waals surface area contributed by atoms with E-state index in [1.54, 1.807) is 0 Å². The molecule has 13 heavy (non-hydrogen) atoms. The Kier molecular flexibility index (Phi) is 7.06. The third-order valence-electron chi connectivity index (χ3n) is 2.00. The summed E-state index contributed by atoms with van der Waals surface area (Å²) in [6.45, 7) is 8.42. The van der Waals surface area contributed by atoms with Gasteiger partial charge in [0.15, 0.2) is 0 Å². The summed E-state index contributed by atoms with van der Waals surface area (Å²) in [5.41, 5.74) is 2.61. The van der Waals surface area contributed by atoms with Crippen molar-refractivity contribution in [2.24, 2.45) is 4.99 Å². The molecule has 0 aliphatic rings. The zero-order chi connectivity index (χ0) is 10.3. The molecule has 0 heterocycles. The van der Waals surface area contributed by atoms with Gasteiger partial charge in [-0.1, -0.05) is 20.3 Å². The van der Waals surface area contributed by atoms with Gasteiger partial charge in [-0.2, -0.15) is 12.6 Å². The molecule has 2 heteroatoms. The molecular weight excluding hydrogens is 178 g/mol. The van der Waals surface area contributed by atoms with Crippen molar-refractivity contribution < 1.29 is 0 Å². The van der Waals surface area contributed by atoms with E-state index in [9.17, 15) is 0 Å². The van der Waals surface area contributed by atoms with Gasteiger partial charge in [0.1, 0.15) is 0 Å². The highest BCUT2D eigenvalue weighted by Gasteiger charge is 2.07. The first kappa shape index (κ1) is 12.8. The van der Waals surface area contributed by atoms with E-state index < -0.39 is 0 Å². The van der Waals surface area contributed by atoms with Crippen LogP contribution in [0.25, 0.3) is 0 Å². The molecule has 0 saturated heterocycles. The number of nitrogens with zero attached hydrogens (tertiary/aromatic N) is 1. The van der Waals surface area contributed by atoms with Crippen molar-refractivity contribution in [3.63, 3.8) is 0 Å². The van der Waals surface area contributed by atoms with Crippen molar-refractivity contribution in [2.45, 2.75) is 52.2 Å². The Morgan fingerprint density at radius 1 is 1.46 bits per heavy atom. The Hall–Kier alpha value is -0.240. The molecule has 0 radical (unpaired) electrons. The lowest BCUT2D eigenvalue weighted by molar-refractivity contribution is 0.826. The van der Waals surface area contributed by atoms with E-state index >= 15 is 0 Å². The lowest BCUT2D eigenvalue weighted by atomic mass is 10.0. The molecule has 0 aromatic heterocycles. The van der Waals surface area contributed by atoms with Crippen molar-refractivity contribution in [1.82, 2.24) is 0 Å². The molecule has 0 saturated carbocycles. The molecule has 0 aliphatic heterocycles. The Bertz CT molecular complexity index is 192. The van der Waals surface area contributed by atoms with Gasteiger partial charge in [-0.15, -0.1) is 0 Å². The summed E-state index contributed by atoms with van der Waals surface area (Å²) in [5.74, 6) is 0. The maximum absolute atomic E-state index is 4.44. The van der Waals surface area contributed by atoms with Crippen molar-refractivity contribution in [3.05, 3.63) is 11.3 Å². The predicted molar refractivity (Wildman–Crippen MR) is 64.8 cm³/mol. The van der Waals surface area contributed by atoms with Gasteiger partial charge in [0.2, 0.25) is 0 Å². The minimum Gasteiger partial charge on any atom is -0.265 e. The van der Waals surface area contributed by atoms with Crippen LogP contribution in [0.3, 0.4) is 0 Å². The molecule has 1 atom stereocenters. The summed E-state index contributed by atoms with van der Waals surface area (Å²) in [6, 6.07) is 0. The fraction of sp³-hybridized carbons (Fsp3) is 0.727. The molecule has 0 amide bonds. The van der Waals surface area contributed by atoms with Crippen molar-refractivity contribution >= 4 is 18.8 Å². The van der Waals surface area contributed by atoms with E-state index in [0.717, 1.165) is 18.5 Å². The standard InChI is InChI=1S/C11H21NS/c1-5-8-10(6-2)11(9(4)13)12-7-3/h7,9,13H,5-6,8H2,1-4H3/b11-10+,12-7-. The van der Waals surface area contributed by atoms with E-state index in [-0.39, 0.29) is 5.25 Å². The predicted octanol–water partition coefficient (Wildman–Crippen LogP) is 3.86. The largest absolute Gasteiger partial charge is 0.265 e. The van der Waals surface area contributed by atoms with Crippen LogP contribution in [0.5, 0.6) is 0 Å². The highest BCUT2D eigenvalue weighted by atomic mass is 32.1. The molecule has 0 bridgehead atoms. The average molecular weight is 199 g/mol. The first-order chi connectivity index (χ1) is 6.17. The molecule has 0 aromatic rings. The first-order valence-corrected chi connectivity index (χ1v) is 5.57. The fourth-order valence-electron chi connectivity index (χ4n) is 1.42. The summed E-state index contributed by atoms with van der Waals surface area (Å²) in [4.78, 5) is 4.39. The van der Waals surface area contributed by atoms with Crippen LogP contribution >= 0.6 is 12.6 Å². The molecule has 0 aliphatic carbocycles. The van der Waals surface area contributed by atoms with Gasteiger partial charge in [0, 0.05) is 11.5 Å². The molecule has 76 valence electrons. The molecule has 1 nitrogen and oxygen atoms in total. The van der Waals surface area contributed by atoms with Crippen LogP contribution in [0.2, 0.25) is 0 Å². The highest BCUT2D eigenvalue weighted by molar-refractivity contribution is 7.81. The monoisotopic (exact) mass is 199 g/mol. The molecule has 1 unspecified atom stereocenters. The summed E-state index contributed by atoms with van der Waals surface area (Å²) in [6.07, 6.45) is 5.28. The van der Waals surface area contributed by atoms with Gasteiger partial charge in [-0.3, -0.25) is 4.99 Å². The van der Waals surface area contributed by atoms with Crippen LogP contribution in [0.15, 0.2) is 16.3 Å². The summed E-state index contributed by atoms with van der Waals surface area (Å²) in [5, 5.41) is 0.248. The maximum atomic E-state index is 4.44. The zero-order valence-corrected chi connectivity index (χ0v) is 10.1. The number of aliphatic imine (C=N–C) groups is 1. The normalized spacial score (nSPS) is 16.1. The van der Waals surface area contributed by atoms with Gasteiger partial charge >= 0.3 is 0 Å². The first-order valence-electron chi connectivity index (χ1n) is 5.05. The number of hydrogen-bond donors (Lipinski definition) is 1. The average Bonchev–Trinajstić information content (AvgIpc) is 2.10. The Balaban J connectivity index is 4.77. The van der Waals surface area contributed by atoms with Crippen LogP contribution in [0.1, 0.15) is 47.0 Å². The van der Waals surface area contributed by atoms with Gasteiger partial charge in [-0.05, 0) is 32.3 Å². The molecule has 0 spiro atoms. The van der Waals surface area contributed by atoms with Crippen LogP contribution in [0.4, 0.5) is 0 Å². The number of rotatable bonds is 5. The quantitative estimate of drug-likeness (QED) is 0.510. The van der Waals surface area contributed by atoms with E-state index in [2.05, 4.69) is 38.4 Å². The summed E-state index contributed by atoms with van der Waals surface area (Å²) in [7, 11) is 0. The third-order valence-corrected chi connectivity index (χ3v) is 2.25. The second-order valence-corrected chi connectivity index (χ2v) is 3.93. The summed E-state index contributed by atoms with van der Waals surface area (Å²) < 4.78 is 0. The maximum Gasteiger partial charge on any atom is 0.0516 e. The number of hydrogen-bond acceptors (Lipinski definition) is 2. The van der Waals surface area contributed by atoms with Crippen LogP contribution < -0.4 is 0 Å². The smallest absolute Gasteiger partial charge is 0.0516 e. The number of allylic oxidation sites excluding steroid dienone is 1. The van der Waals surface area contributed by atoms with Gasteiger partial charge < -0.3 is 0 Å². The second kappa shape index (κ2) is 7.19. The third kappa shape index (κ3) is 4.51. The highest BCUT2D eigenvalue weighted by Crippen LogP contribution is 2.21. The van der Waals surface area contributed by atoms with Gasteiger partial charge in [0.05, 0.1) is 5.70 Å². The van der Waals surface area contributed by atoms with Crippen molar-refractivity contribution in [1.29, 1.82) is 0 Å². The Labute approximate surface area is 87.7 Å². The zero-order valence-electron chi connectivity index (χ0n) is 9.17. The minimum absolute atomic E-state index is 0.248. The minimum atomic E-state index is 0.248. The van der Waals surface area contributed by atoms with Crippen molar-refractivity contribution in [2.75, 3.05) is 0 Å². The lowest BCUT2D eigenvalue weighted by Gasteiger charge is -2.12. The van der Waals surface area contributed by atoms with Crippen molar-refractivity contribution in [3.8, 4) is 0 Å².